The van der Waals surface area contributed by atoms with E-state index in [1.54, 1.807) is 18.7 Å². The number of carbonyl (C=O) groups is 1. The second-order valence-corrected chi connectivity index (χ2v) is 6.63. The van der Waals surface area contributed by atoms with Crippen LogP contribution in [0, 0.1) is 0 Å². The Hall–Kier alpha value is -1.28. The molecular weight excluding hydrogens is 345 g/mol. The largest absolute Gasteiger partial charge is 0.416 e. The molecule has 1 amide bonds. The molecule has 1 aliphatic heterocycles. The van der Waals surface area contributed by atoms with Crippen molar-refractivity contribution in [1.82, 2.24) is 10.2 Å². The van der Waals surface area contributed by atoms with Crippen LogP contribution < -0.4 is 5.32 Å². The van der Waals surface area contributed by atoms with E-state index in [4.69, 9.17) is 12.2 Å². The Balaban J connectivity index is 2.29. The molecule has 0 aliphatic carbocycles. The zero-order valence-electron chi connectivity index (χ0n) is 12.7. The molecule has 2 rings (SSSR count). The molecule has 0 saturated carbocycles. The monoisotopic (exact) mass is 362 g/mol. The average Bonchev–Trinajstić information content (AvgIpc) is 2.78. The summed E-state index contributed by atoms with van der Waals surface area (Å²) in [5.74, 6) is 0.501. The molecule has 23 heavy (non-hydrogen) atoms. The van der Waals surface area contributed by atoms with Gasteiger partial charge in [-0.3, -0.25) is 9.69 Å². The van der Waals surface area contributed by atoms with Crippen LogP contribution in [0.2, 0.25) is 0 Å². The summed E-state index contributed by atoms with van der Waals surface area (Å²) in [5.41, 5.74) is -0.696. The second-order valence-electron chi connectivity index (χ2n) is 5.25. The quantitative estimate of drug-likeness (QED) is 0.811. The lowest BCUT2D eigenvalue weighted by molar-refractivity contribution is -0.139. The standard InChI is InChI=1S/C15H17F3N2OS2/c1-9(10-5-3-4-6-11(10)15(16,17)18)20-13(21)12(7-8-23-2)19-14(20)22/h3-6,9,12H,7-8H2,1-2H3,(H,19,22). The highest BCUT2D eigenvalue weighted by Gasteiger charge is 2.41. The molecule has 2 unspecified atom stereocenters. The van der Waals surface area contributed by atoms with Crippen LogP contribution >= 0.6 is 24.0 Å². The Morgan fingerprint density at radius 3 is 2.65 bits per heavy atom. The van der Waals surface area contributed by atoms with Gasteiger partial charge in [0.05, 0.1) is 11.6 Å². The molecule has 1 aromatic carbocycles. The highest BCUT2D eigenvalue weighted by molar-refractivity contribution is 7.98. The van der Waals surface area contributed by atoms with Gasteiger partial charge in [0.1, 0.15) is 6.04 Å². The summed E-state index contributed by atoms with van der Waals surface area (Å²) < 4.78 is 39.5. The maximum absolute atomic E-state index is 13.2. The summed E-state index contributed by atoms with van der Waals surface area (Å²) in [7, 11) is 0. The SMILES string of the molecule is CSCCC1NC(=S)N(C(C)c2ccccc2C(F)(F)F)C1=O. The zero-order valence-corrected chi connectivity index (χ0v) is 14.3. The normalized spacial score (nSPS) is 19.9. The maximum Gasteiger partial charge on any atom is 0.416 e. The molecule has 1 heterocycles. The summed E-state index contributed by atoms with van der Waals surface area (Å²) >= 11 is 6.76. The first kappa shape index (κ1) is 18.1. The minimum atomic E-state index is -4.47. The van der Waals surface area contributed by atoms with Gasteiger partial charge in [-0.2, -0.15) is 24.9 Å². The molecule has 2 atom stereocenters. The van der Waals surface area contributed by atoms with Crippen molar-refractivity contribution in [3.05, 3.63) is 35.4 Å². The zero-order chi connectivity index (χ0) is 17.2. The van der Waals surface area contributed by atoms with Gasteiger partial charge in [-0.25, -0.2) is 0 Å². The number of halogens is 3. The van der Waals surface area contributed by atoms with Crippen LogP contribution in [-0.4, -0.2) is 34.0 Å². The number of thiocarbonyl (C=S) groups is 1. The van der Waals surface area contributed by atoms with E-state index >= 15 is 0 Å². The molecule has 1 fully saturated rings. The van der Waals surface area contributed by atoms with Gasteiger partial charge in [0.15, 0.2) is 5.11 Å². The Morgan fingerprint density at radius 2 is 2.04 bits per heavy atom. The van der Waals surface area contributed by atoms with Gasteiger partial charge in [-0.15, -0.1) is 0 Å². The molecule has 3 nitrogen and oxygen atoms in total. The fourth-order valence-corrected chi connectivity index (χ4v) is 3.47. The topological polar surface area (TPSA) is 32.3 Å². The number of carbonyl (C=O) groups excluding carboxylic acids is 1. The summed E-state index contributed by atoms with van der Waals surface area (Å²) in [5, 5.41) is 3.10. The number of benzene rings is 1. The minimum Gasteiger partial charge on any atom is -0.350 e. The minimum absolute atomic E-state index is 0.0445. The number of amides is 1. The van der Waals surface area contributed by atoms with Crippen LogP contribution in [0.25, 0.3) is 0 Å². The van der Waals surface area contributed by atoms with E-state index < -0.39 is 23.8 Å². The Labute approximate surface area is 142 Å². The van der Waals surface area contributed by atoms with Crippen molar-refractivity contribution in [2.75, 3.05) is 12.0 Å². The van der Waals surface area contributed by atoms with Crippen LogP contribution in [0.3, 0.4) is 0 Å². The van der Waals surface area contributed by atoms with E-state index in [2.05, 4.69) is 5.32 Å². The van der Waals surface area contributed by atoms with E-state index in [0.29, 0.717) is 6.42 Å². The number of hydrogen-bond acceptors (Lipinski definition) is 3. The lowest BCUT2D eigenvalue weighted by Crippen LogP contribution is -2.35. The smallest absolute Gasteiger partial charge is 0.350 e. The fourth-order valence-electron chi connectivity index (χ4n) is 2.60. The van der Waals surface area contributed by atoms with Gasteiger partial charge in [-0.1, -0.05) is 18.2 Å². The summed E-state index contributed by atoms with van der Waals surface area (Å²) in [4.78, 5) is 13.7. The number of hydrogen-bond donors (Lipinski definition) is 1. The molecule has 1 aromatic rings. The fraction of sp³-hybridized carbons (Fsp3) is 0.467. The molecular formula is C15H17F3N2OS2. The molecule has 1 N–H and O–H groups in total. The van der Waals surface area contributed by atoms with Gasteiger partial charge in [-0.05, 0) is 49.2 Å². The molecule has 1 aliphatic rings. The lowest BCUT2D eigenvalue weighted by atomic mass is 10.00. The average molecular weight is 362 g/mol. The Kier molecular flexibility index (Phi) is 5.57. The predicted molar refractivity (Wildman–Crippen MR) is 89.2 cm³/mol. The third-order valence-corrected chi connectivity index (χ3v) is 4.72. The van der Waals surface area contributed by atoms with Crippen molar-refractivity contribution in [3.63, 3.8) is 0 Å². The highest BCUT2D eigenvalue weighted by Crippen LogP contribution is 2.37. The summed E-state index contributed by atoms with van der Waals surface area (Å²) in [6, 6.07) is 4.04. The van der Waals surface area contributed by atoms with Crippen molar-refractivity contribution in [2.45, 2.75) is 31.6 Å². The van der Waals surface area contributed by atoms with Crippen molar-refractivity contribution < 1.29 is 18.0 Å². The van der Waals surface area contributed by atoms with Crippen molar-refractivity contribution in [3.8, 4) is 0 Å². The van der Waals surface area contributed by atoms with Gasteiger partial charge < -0.3 is 5.32 Å². The number of nitrogens with one attached hydrogen (secondary N) is 1. The van der Waals surface area contributed by atoms with Crippen molar-refractivity contribution in [2.24, 2.45) is 0 Å². The first-order valence-corrected chi connectivity index (χ1v) is 8.86. The first-order valence-electron chi connectivity index (χ1n) is 7.06. The van der Waals surface area contributed by atoms with E-state index in [0.717, 1.165) is 11.8 Å². The van der Waals surface area contributed by atoms with E-state index in [-0.39, 0.29) is 16.6 Å². The van der Waals surface area contributed by atoms with Crippen LogP contribution in [0.4, 0.5) is 13.2 Å². The van der Waals surface area contributed by atoms with Crippen LogP contribution in [-0.2, 0) is 11.0 Å². The number of rotatable bonds is 5. The number of nitrogens with zero attached hydrogens (tertiary/aromatic N) is 1. The van der Waals surface area contributed by atoms with E-state index in [1.165, 1.54) is 23.1 Å². The number of thioether (sulfide) groups is 1. The van der Waals surface area contributed by atoms with E-state index in [1.807, 2.05) is 6.26 Å². The second kappa shape index (κ2) is 7.09. The van der Waals surface area contributed by atoms with Gasteiger partial charge in [0.2, 0.25) is 0 Å². The van der Waals surface area contributed by atoms with Crippen LogP contribution in [0.1, 0.15) is 30.5 Å². The summed E-state index contributed by atoms with van der Waals surface area (Å²) in [6.07, 6.45) is -1.96. The van der Waals surface area contributed by atoms with Crippen molar-refractivity contribution >= 4 is 35.0 Å². The lowest BCUT2D eigenvalue weighted by Gasteiger charge is -2.26. The van der Waals surface area contributed by atoms with Gasteiger partial charge in [0, 0.05) is 0 Å². The molecule has 0 bridgehead atoms. The van der Waals surface area contributed by atoms with Gasteiger partial charge >= 0.3 is 6.18 Å². The molecule has 126 valence electrons. The van der Waals surface area contributed by atoms with Gasteiger partial charge in [0.25, 0.3) is 5.91 Å². The van der Waals surface area contributed by atoms with E-state index in [9.17, 15) is 18.0 Å². The molecule has 0 radical (unpaired) electrons. The Morgan fingerprint density at radius 1 is 1.39 bits per heavy atom. The highest BCUT2D eigenvalue weighted by atomic mass is 32.2. The Bertz CT molecular complexity index is 607. The van der Waals surface area contributed by atoms with Crippen molar-refractivity contribution in [1.29, 1.82) is 0 Å². The molecule has 8 heteroatoms. The number of alkyl halides is 3. The molecule has 1 saturated heterocycles. The predicted octanol–water partition coefficient (Wildman–Crippen LogP) is 3.60. The first-order chi connectivity index (χ1) is 10.8. The third-order valence-electron chi connectivity index (χ3n) is 3.77. The third kappa shape index (κ3) is 3.80. The van der Waals surface area contributed by atoms with Crippen LogP contribution in [0.15, 0.2) is 24.3 Å². The maximum atomic E-state index is 13.2. The molecule has 0 spiro atoms. The summed E-state index contributed by atoms with van der Waals surface area (Å²) in [6.45, 7) is 1.56. The van der Waals surface area contributed by atoms with Crippen LogP contribution in [0.5, 0.6) is 0 Å². The molecule has 0 aromatic heterocycles.